The summed E-state index contributed by atoms with van der Waals surface area (Å²) in [4.78, 5) is 19.7. The standard InChI is InChI=1S/C30H26Cl2N4O2S/c31-25-15-26(32)17-27(16-25)35-28(37)20-38-30(8-11-36(12-9-30)19-29-34-10-13-39-29)24-6-4-22(5-7-24)23-3-1-2-21(14-23)18-33/h1-7,10,13-17H,8-9,11-12,19-20H2,(H,35,37). The van der Waals surface area contributed by atoms with Crippen LogP contribution in [-0.4, -0.2) is 35.5 Å². The molecule has 6 nitrogen and oxygen atoms in total. The highest BCUT2D eigenvalue weighted by atomic mass is 35.5. The van der Waals surface area contributed by atoms with Crippen LogP contribution in [0.25, 0.3) is 11.1 Å². The van der Waals surface area contributed by atoms with Gasteiger partial charge in [0.15, 0.2) is 0 Å². The van der Waals surface area contributed by atoms with Crippen LogP contribution in [0.5, 0.6) is 0 Å². The second-order valence-electron chi connectivity index (χ2n) is 9.46. The Kier molecular flexibility index (Phi) is 8.61. The molecular weight excluding hydrogens is 551 g/mol. The minimum absolute atomic E-state index is 0.109. The first-order valence-corrected chi connectivity index (χ1v) is 14.2. The zero-order chi connectivity index (χ0) is 27.2. The SMILES string of the molecule is N#Cc1cccc(-c2ccc(C3(OCC(=O)Nc4cc(Cl)cc(Cl)c4)CCN(Cc4nccs4)CC3)cc2)c1. The maximum absolute atomic E-state index is 12.9. The number of anilines is 1. The number of aromatic nitrogens is 1. The Morgan fingerprint density at radius 2 is 1.79 bits per heavy atom. The van der Waals surface area contributed by atoms with Gasteiger partial charge in [0.05, 0.1) is 23.8 Å². The summed E-state index contributed by atoms with van der Waals surface area (Å²) in [5.74, 6) is -0.275. The number of hydrogen-bond donors (Lipinski definition) is 1. The molecule has 1 fully saturated rings. The number of carbonyl (C=O) groups excluding carboxylic acids is 1. The Morgan fingerprint density at radius 1 is 1.05 bits per heavy atom. The maximum atomic E-state index is 12.9. The molecule has 0 saturated carbocycles. The smallest absolute Gasteiger partial charge is 0.250 e. The number of piperidine rings is 1. The van der Waals surface area contributed by atoms with Crippen molar-refractivity contribution in [3.8, 4) is 17.2 Å². The van der Waals surface area contributed by atoms with E-state index in [-0.39, 0.29) is 12.5 Å². The second-order valence-corrected chi connectivity index (χ2v) is 11.3. The van der Waals surface area contributed by atoms with Gasteiger partial charge in [0.25, 0.3) is 0 Å². The number of hydrogen-bond acceptors (Lipinski definition) is 6. The van der Waals surface area contributed by atoms with Gasteiger partial charge in [-0.05, 0) is 59.9 Å². The third-order valence-corrected chi connectivity index (χ3v) is 8.07. The number of amides is 1. The van der Waals surface area contributed by atoms with E-state index in [0.29, 0.717) is 21.3 Å². The van der Waals surface area contributed by atoms with Crippen molar-refractivity contribution in [2.75, 3.05) is 25.0 Å². The van der Waals surface area contributed by atoms with Crippen LogP contribution in [0.1, 0.15) is 29.0 Å². The van der Waals surface area contributed by atoms with E-state index in [1.807, 2.05) is 41.9 Å². The van der Waals surface area contributed by atoms with Gasteiger partial charge in [0, 0.05) is 40.4 Å². The molecule has 198 valence electrons. The van der Waals surface area contributed by atoms with Gasteiger partial charge in [0.1, 0.15) is 11.6 Å². The van der Waals surface area contributed by atoms with Crippen LogP contribution >= 0.6 is 34.5 Å². The van der Waals surface area contributed by atoms with Crippen molar-refractivity contribution >= 4 is 46.1 Å². The molecule has 1 amide bonds. The molecule has 0 atom stereocenters. The number of ether oxygens (including phenoxy) is 1. The van der Waals surface area contributed by atoms with Crippen LogP contribution in [-0.2, 0) is 21.7 Å². The number of carbonyl (C=O) groups is 1. The Bertz CT molecular complexity index is 1460. The molecule has 0 radical (unpaired) electrons. The van der Waals surface area contributed by atoms with Gasteiger partial charge in [0.2, 0.25) is 5.91 Å². The van der Waals surface area contributed by atoms with E-state index >= 15 is 0 Å². The molecule has 39 heavy (non-hydrogen) atoms. The van der Waals surface area contributed by atoms with Gasteiger partial charge in [-0.25, -0.2) is 4.98 Å². The number of rotatable bonds is 8. The second kappa shape index (κ2) is 12.3. The zero-order valence-corrected chi connectivity index (χ0v) is 23.4. The lowest BCUT2D eigenvalue weighted by Crippen LogP contribution is -2.45. The van der Waals surface area contributed by atoms with E-state index in [4.69, 9.17) is 27.9 Å². The molecule has 9 heteroatoms. The third kappa shape index (κ3) is 6.85. The average molecular weight is 578 g/mol. The van der Waals surface area contributed by atoms with Crippen molar-refractivity contribution in [2.45, 2.75) is 25.0 Å². The molecule has 0 spiro atoms. The first kappa shape index (κ1) is 27.3. The van der Waals surface area contributed by atoms with Crippen LogP contribution < -0.4 is 5.32 Å². The van der Waals surface area contributed by atoms with Crippen molar-refractivity contribution in [3.63, 3.8) is 0 Å². The van der Waals surface area contributed by atoms with Crippen LogP contribution in [0.4, 0.5) is 5.69 Å². The van der Waals surface area contributed by atoms with Crippen LogP contribution in [0.3, 0.4) is 0 Å². The average Bonchev–Trinajstić information content (AvgIpc) is 3.45. The van der Waals surface area contributed by atoms with E-state index in [0.717, 1.165) is 54.2 Å². The first-order valence-electron chi connectivity index (χ1n) is 12.5. The van der Waals surface area contributed by atoms with Crippen LogP contribution in [0.2, 0.25) is 10.0 Å². The molecule has 4 aromatic rings. The topological polar surface area (TPSA) is 78.2 Å². The number of nitrogens with one attached hydrogen (secondary N) is 1. The van der Waals surface area contributed by atoms with Crippen molar-refractivity contribution < 1.29 is 9.53 Å². The fourth-order valence-corrected chi connectivity index (χ4v) is 6.06. The summed E-state index contributed by atoms with van der Waals surface area (Å²) < 4.78 is 6.46. The summed E-state index contributed by atoms with van der Waals surface area (Å²) in [5, 5.41) is 16.1. The highest BCUT2D eigenvalue weighted by Crippen LogP contribution is 2.38. The highest BCUT2D eigenvalue weighted by molar-refractivity contribution is 7.09. The molecule has 1 saturated heterocycles. The molecule has 1 aliphatic heterocycles. The van der Waals surface area contributed by atoms with Gasteiger partial charge >= 0.3 is 0 Å². The molecule has 1 N–H and O–H groups in total. The summed E-state index contributed by atoms with van der Waals surface area (Å²) in [6.45, 7) is 2.33. The molecule has 1 aromatic heterocycles. The summed E-state index contributed by atoms with van der Waals surface area (Å²) in [5.41, 5.74) is 3.55. The molecule has 1 aliphatic rings. The van der Waals surface area contributed by atoms with Gasteiger partial charge < -0.3 is 10.1 Å². The fraction of sp³-hybridized carbons (Fsp3) is 0.233. The highest BCUT2D eigenvalue weighted by Gasteiger charge is 2.38. The molecule has 0 aliphatic carbocycles. The van der Waals surface area contributed by atoms with E-state index < -0.39 is 5.60 Å². The number of nitriles is 1. The quantitative estimate of drug-likeness (QED) is 0.241. The molecular formula is C30H26Cl2N4O2S. The van der Waals surface area contributed by atoms with Gasteiger partial charge in [-0.2, -0.15) is 5.26 Å². The van der Waals surface area contributed by atoms with Crippen molar-refractivity contribution in [3.05, 3.63) is 104 Å². The predicted molar refractivity (Wildman–Crippen MR) is 156 cm³/mol. The minimum Gasteiger partial charge on any atom is -0.360 e. The van der Waals surface area contributed by atoms with E-state index in [2.05, 4.69) is 33.4 Å². The molecule has 0 bridgehead atoms. The summed E-state index contributed by atoms with van der Waals surface area (Å²) >= 11 is 13.8. The Labute approximate surface area is 241 Å². The summed E-state index contributed by atoms with van der Waals surface area (Å²) in [6, 6.07) is 22.9. The van der Waals surface area contributed by atoms with Crippen molar-refractivity contribution in [1.29, 1.82) is 5.26 Å². The first-order chi connectivity index (χ1) is 18.9. The fourth-order valence-electron chi connectivity index (χ4n) is 4.87. The summed E-state index contributed by atoms with van der Waals surface area (Å²) in [6.07, 6.45) is 3.30. The monoisotopic (exact) mass is 576 g/mol. The minimum atomic E-state index is -0.615. The zero-order valence-electron chi connectivity index (χ0n) is 21.1. The largest absolute Gasteiger partial charge is 0.360 e. The normalized spacial score (nSPS) is 15.0. The molecule has 5 rings (SSSR count). The molecule has 3 aromatic carbocycles. The number of likely N-dealkylation sites (tertiary alicyclic amines) is 1. The lowest BCUT2D eigenvalue weighted by atomic mass is 9.83. The number of benzene rings is 3. The Balaban J connectivity index is 1.33. The number of halogens is 2. The Hall–Kier alpha value is -3.25. The van der Waals surface area contributed by atoms with Crippen molar-refractivity contribution in [1.82, 2.24) is 9.88 Å². The van der Waals surface area contributed by atoms with Gasteiger partial charge in [-0.15, -0.1) is 11.3 Å². The molecule has 2 heterocycles. The number of nitrogens with zero attached hydrogens (tertiary/aromatic N) is 3. The lowest BCUT2D eigenvalue weighted by molar-refractivity contribution is -0.135. The number of thiazole rings is 1. The Morgan fingerprint density at radius 3 is 2.46 bits per heavy atom. The maximum Gasteiger partial charge on any atom is 0.250 e. The summed E-state index contributed by atoms with van der Waals surface area (Å²) in [7, 11) is 0. The predicted octanol–water partition coefficient (Wildman–Crippen LogP) is 7.14. The van der Waals surface area contributed by atoms with Crippen LogP contribution in [0, 0.1) is 11.3 Å². The van der Waals surface area contributed by atoms with Crippen LogP contribution in [0.15, 0.2) is 78.3 Å². The van der Waals surface area contributed by atoms with Gasteiger partial charge in [-0.3, -0.25) is 9.69 Å². The van der Waals surface area contributed by atoms with E-state index in [1.165, 1.54) is 0 Å². The van der Waals surface area contributed by atoms with E-state index in [1.54, 1.807) is 35.6 Å². The molecule has 0 unspecified atom stereocenters. The van der Waals surface area contributed by atoms with E-state index in [9.17, 15) is 10.1 Å². The van der Waals surface area contributed by atoms with Crippen molar-refractivity contribution in [2.24, 2.45) is 0 Å². The van der Waals surface area contributed by atoms with Gasteiger partial charge in [-0.1, -0.05) is 59.6 Å². The third-order valence-electron chi connectivity index (χ3n) is 6.87. The lowest BCUT2D eigenvalue weighted by Gasteiger charge is -2.42.